The SMILES string of the molecule is C=CC(=O)Nc1cc(Nc2nc(Nc3ccc(OCCS(C)(=O)=O)cc3OC)ncc2C(F)(F)F)c(OC)cc1N(C)CCN(C)C. The van der Waals surface area contributed by atoms with Crippen LogP contribution in [0.3, 0.4) is 0 Å². The van der Waals surface area contributed by atoms with Crippen LogP contribution in [0.2, 0.25) is 0 Å². The molecule has 3 N–H and O–H groups in total. The first-order valence-corrected chi connectivity index (χ1v) is 16.1. The largest absolute Gasteiger partial charge is 0.494 e. The summed E-state index contributed by atoms with van der Waals surface area (Å²) in [5, 5.41) is 8.25. The molecule has 1 heterocycles. The molecule has 2 aromatic carbocycles. The van der Waals surface area contributed by atoms with Gasteiger partial charge in [0, 0.05) is 44.7 Å². The second-order valence-corrected chi connectivity index (χ2v) is 12.8. The van der Waals surface area contributed by atoms with E-state index in [2.05, 4.69) is 32.5 Å². The van der Waals surface area contributed by atoms with E-state index in [1.165, 1.54) is 38.5 Å². The lowest BCUT2D eigenvalue weighted by Gasteiger charge is -2.26. The van der Waals surface area contributed by atoms with E-state index in [1.807, 2.05) is 30.9 Å². The highest BCUT2D eigenvalue weighted by atomic mass is 32.2. The molecule has 0 aliphatic rings. The molecule has 0 atom stereocenters. The number of halogens is 3. The van der Waals surface area contributed by atoms with Crippen molar-refractivity contribution in [2.75, 3.05) is 87.9 Å². The molecule has 1 amide bonds. The van der Waals surface area contributed by atoms with Gasteiger partial charge in [-0.1, -0.05) is 6.58 Å². The van der Waals surface area contributed by atoms with Crippen molar-refractivity contribution in [3.05, 3.63) is 54.7 Å². The topological polar surface area (TPSA) is 147 Å². The third kappa shape index (κ3) is 10.6. The quantitative estimate of drug-likeness (QED) is 0.182. The van der Waals surface area contributed by atoms with Gasteiger partial charge in [-0.3, -0.25) is 4.79 Å². The number of hydrogen-bond donors (Lipinski definition) is 3. The summed E-state index contributed by atoms with van der Waals surface area (Å²) < 4.78 is 81.5. The molecule has 1 aromatic heterocycles. The zero-order valence-electron chi connectivity index (χ0n) is 26.9. The molecule has 0 aliphatic carbocycles. The average Bonchev–Trinajstić information content (AvgIpc) is 2.99. The molecule has 256 valence electrons. The normalized spacial score (nSPS) is 11.5. The smallest absolute Gasteiger partial charge is 0.421 e. The minimum Gasteiger partial charge on any atom is -0.494 e. The van der Waals surface area contributed by atoms with Gasteiger partial charge in [-0.2, -0.15) is 18.2 Å². The van der Waals surface area contributed by atoms with Crippen molar-refractivity contribution < 1.29 is 40.6 Å². The number of hydrogen-bond acceptors (Lipinski definition) is 12. The molecule has 0 radical (unpaired) electrons. The molecule has 0 spiro atoms. The van der Waals surface area contributed by atoms with Gasteiger partial charge in [-0.05, 0) is 38.4 Å². The van der Waals surface area contributed by atoms with Crippen molar-refractivity contribution in [1.29, 1.82) is 0 Å². The van der Waals surface area contributed by atoms with Crippen molar-refractivity contribution in [2.45, 2.75) is 6.18 Å². The van der Waals surface area contributed by atoms with Crippen LogP contribution in [0.5, 0.6) is 17.2 Å². The first kappa shape index (κ1) is 36.7. The fraction of sp³-hybridized carbons (Fsp3) is 0.367. The molecule has 3 aromatic rings. The lowest BCUT2D eigenvalue weighted by molar-refractivity contribution is -0.137. The molecular formula is C30H38F3N7O6S. The van der Waals surface area contributed by atoms with Crippen LogP contribution < -0.4 is 35.1 Å². The van der Waals surface area contributed by atoms with Crippen LogP contribution in [0.1, 0.15) is 5.56 Å². The van der Waals surface area contributed by atoms with Crippen molar-refractivity contribution in [2.24, 2.45) is 0 Å². The summed E-state index contributed by atoms with van der Waals surface area (Å²) in [6.45, 7) is 4.64. The van der Waals surface area contributed by atoms with Gasteiger partial charge < -0.3 is 40.0 Å². The molecule has 0 fully saturated rings. The highest BCUT2D eigenvalue weighted by Gasteiger charge is 2.36. The van der Waals surface area contributed by atoms with Crippen molar-refractivity contribution in [3.63, 3.8) is 0 Å². The minimum absolute atomic E-state index is 0.0817. The molecule has 47 heavy (non-hydrogen) atoms. The third-order valence-corrected chi connectivity index (χ3v) is 7.45. The summed E-state index contributed by atoms with van der Waals surface area (Å²) in [6.07, 6.45) is -2.03. The number of carbonyl (C=O) groups excluding carboxylic acids is 1. The van der Waals surface area contributed by atoms with Crippen LogP contribution in [-0.2, 0) is 20.8 Å². The minimum atomic E-state index is -4.83. The molecule has 0 saturated heterocycles. The summed E-state index contributed by atoms with van der Waals surface area (Å²) in [5.41, 5.74) is 0.0756. The van der Waals surface area contributed by atoms with Gasteiger partial charge in [0.25, 0.3) is 0 Å². The zero-order valence-corrected chi connectivity index (χ0v) is 27.7. The molecule has 0 aliphatic heterocycles. The van der Waals surface area contributed by atoms with Gasteiger partial charge in [0.05, 0.1) is 42.7 Å². The molecule has 17 heteroatoms. The molecule has 0 unspecified atom stereocenters. The van der Waals surface area contributed by atoms with E-state index in [4.69, 9.17) is 14.2 Å². The van der Waals surface area contributed by atoms with E-state index in [-0.39, 0.29) is 35.5 Å². The Kier molecular flexibility index (Phi) is 12.2. The Bertz CT molecular complexity index is 1690. The lowest BCUT2D eigenvalue weighted by atomic mass is 10.1. The van der Waals surface area contributed by atoms with E-state index in [0.29, 0.717) is 42.1 Å². The van der Waals surface area contributed by atoms with Gasteiger partial charge in [0.1, 0.15) is 35.2 Å². The number of amides is 1. The second kappa shape index (κ2) is 15.7. The fourth-order valence-corrected chi connectivity index (χ4v) is 4.46. The zero-order chi connectivity index (χ0) is 34.9. The van der Waals surface area contributed by atoms with Gasteiger partial charge in [0.2, 0.25) is 11.9 Å². The number of sulfone groups is 1. The Morgan fingerprint density at radius 3 is 2.28 bits per heavy atom. The first-order chi connectivity index (χ1) is 22.0. The average molecular weight is 682 g/mol. The second-order valence-electron chi connectivity index (χ2n) is 10.5. The van der Waals surface area contributed by atoms with Crippen LogP contribution in [-0.4, -0.2) is 96.3 Å². The molecular weight excluding hydrogens is 643 g/mol. The van der Waals surface area contributed by atoms with Gasteiger partial charge >= 0.3 is 6.18 Å². The molecule has 3 rings (SSSR count). The fourth-order valence-electron chi connectivity index (χ4n) is 4.07. The van der Waals surface area contributed by atoms with Gasteiger partial charge in [0.15, 0.2) is 9.84 Å². The molecule has 0 bridgehead atoms. The van der Waals surface area contributed by atoms with Crippen LogP contribution in [0.4, 0.5) is 47.7 Å². The summed E-state index contributed by atoms with van der Waals surface area (Å²) >= 11 is 0. The Balaban J connectivity index is 2.01. The van der Waals surface area contributed by atoms with Gasteiger partial charge in [-0.15, -0.1) is 0 Å². The number of methoxy groups -OCH3 is 2. The number of aromatic nitrogens is 2. The lowest BCUT2D eigenvalue weighted by Crippen LogP contribution is -2.29. The summed E-state index contributed by atoms with van der Waals surface area (Å²) in [7, 11) is 5.14. The standard InChI is InChI=1S/C30H38F3N7O6S/c1-8-27(41)35-22-16-23(26(45-6)17-24(22)40(4)12-11-39(2)3)36-28-20(30(31,32)33)18-34-29(38-28)37-21-10-9-19(15-25(21)44-5)46-13-14-47(7,42)43/h8-10,15-18H,1,11-14H2,2-7H3,(H,35,41)(H2,34,36,37,38). The monoisotopic (exact) mass is 681 g/mol. The number of likely N-dealkylation sites (N-methyl/N-ethyl adjacent to an activating group) is 2. The van der Waals surface area contributed by atoms with E-state index >= 15 is 0 Å². The van der Waals surface area contributed by atoms with E-state index in [0.717, 1.165) is 12.3 Å². The highest BCUT2D eigenvalue weighted by Crippen LogP contribution is 2.41. The maximum absolute atomic E-state index is 14.1. The Labute approximate surface area is 271 Å². The van der Waals surface area contributed by atoms with Crippen molar-refractivity contribution in [3.8, 4) is 17.2 Å². The number of anilines is 6. The maximum atomic E-state index is 14.1. The van der Waals surface area contributed by atoms with E-state index in [1.54, 1.807) is 6.07 Å². The Hall–Kier alpha value is -4.77. The number of rotatable bonds is 16. The Morgan fingerprint density at radius 1 is 1.00 bits per heavy atom. The number of ether oxygens (including phenoxy) is 3. The number of benzene rings is 2. The van der Waals surface area contributed by atoms with E-state index in [9.17, 15) is 26.4 Å². The summed E-state index contributed by atoms with van der Waals surface area (Å²) in [6, 6.07) is 7.57. The number of alkyl halides is 3. The summed E-state index contributed by atoms with van der Waals surface area (Å²) in [4.78, 5) is 24.1. The maximum Gasteiger partial charge on any atom is 0.421 e. The van der Waals surface area contributed by atoms with Crippen molar-refractivity contribution in [1.82, 2.24) is 14.9 Å². The molecule has 13 nitrogen and oxygen atoms in total. The Morgan fingerprint density at radius 2 is 1.68 bits per heavy atom. The predicted molar refractivity (Wildman–Crippen MR) is 175 cm³/mol. The number of nitrogens with one attached hydrogen (secondary N) is 3. The first-order valence-electron chi connectivity index (χ1n) is 14.0. The summed E-state index contributed by atoms with van der Waals surface area (Å²) in [5.74, 6) is -0.775. The van der Waals surface area contributed by atoms with Crippen LogP contribution >= 0.6 is 0 Å². The van der Waals surface area contributed by atoms with Gasteiger partial charge in [-0.25, -0.2) is 13.4 Å². The third-order valence-electron chi connectivity index (χ3n) is 6.54. The van der Waals surface area contributed by atoms with Crippen LogP contribution in [0, 0.1) is 0 Å². The number of nitrogens with zero attached hydrogens (tertiary/aromatic N) is 4. The van der Waals surface area contributed by atoms with Crippen molar-refractivity contribution >= 4 is 50.3 Å². The van der Waals surface area contributed by atoms with Crippen LogP contribution in [0.25, 0.3) is 0 Å². The van der Waals surface area contributed by atoms with E-state index < -0.39 is 33.3 Å². The highest BCUT2D eigenvalue weighted by molar-refractivity contribution is 7.90. The predicted octanol–water partition coefficient (Wildman–Crippen LogP) is 4.55. The van der Waals surface area contributed by atoms with Crippen LogP contribution in [0.15, 0.2) is 49.2 Å². The molecule has 0 saturated carbocycles. The number of carbonyl (C=O) groups is 1.